The Morgan fingerprint density at radius 1 is 1.14 bits per heavy atom. The predicted molar refractivity (Wildman–Crippen MR) is 109 cm³/mol. The number of aliphatic carboxylic acids is 2. The average molecular weight is 384 g/mol. The lowest BCUT2D eigenvalue weighted by atomic mass is 9.85. The van der Waals surface area contributed by atoms with Crippen molar-refractivity contribution < 1.29 is 19.8 Å². The molecule has 0 amide bonds. The summed E-state index contributed by atoms with van der Waals surface area (Å²) in [7, 11) is 0. The zero-order chi connectivity index (χ0) is 21.1. The quantitative estimate of drug-likeness (QED) is 0.598. The minimum atomic E-state index is -1.26. The maximum Gasteiger partial charge on any atom is 0.328 e. The van der Waals surface area contributed by atoms with Gasteiger partial charge in [0.1, 0.15) is 0 Å². The molecule has 0 radical (unpaired) electrons. The van der Waals surface area contributed by atoms with Gasteiger partial charge in [-0.15, -0.1) is 0 Å². The molecule has 28 heavy (non-hydrogen) atoms. The summed E-state index contributed by atoms with van der Waals surface area (Å²) in [5.41, 5.74) is 13.2. The summed E-state index contributed by atoms with van der Waals surface area (Å²) < 4.78 is 2.32. The molecule has 0 aliphatic heterocycles. The van der Waals surface area contributed by atoms with E-state index < -0.39 is 11.9 Å². The Morgan fingerprint density at radius 3 is 2.25 bits per heavy atom. The van der Waals surface area contributed by atoms with Crippen LogP contribution in [0.25, 0.3) is 11.3 Å². The van der Waals surface area contributed by atoms with Crippen LogP contribution in [-0.4, -0.2) is 32.8 Å². The number of benzene rings is 1. The average Bonchev–Trinajstić information content (AvgIpc) is 3.11. The molecule has 4 N–H and O–H groups in total. The number of carbonyl (C=O) groups is 2. The SMILES string of the molecule is C[C@H](N)Cn1ccc2c1-c1cc(C(C)(C)C)ccc1C2.O=C(O)/C=C/C(=O)O. The molecule has 1 aliphatic carbocycles. The Kier molecular flexibility index (Phi) is 6.46. The highest BCUT2D eigenvalue weighted by Crippen LogP contribution is 2.39. The zero-order valence-corrected chi connectivity index (χ0v) is 16.8. The zero-order valence-electron chi connectivity index (χ0n) is 16.8. The van der Waals surface area contributed by atoms with Gasteiger partial charge >= 0.3 is 11.9 Å². The molecule has 0 saturated carbocycles. The second kappa shape index (κ2) is 8.44. The van der Waals surface area contributed by atoms with E-state index in [1.807, 2.05) is 0 Å². The first-order chi connectivity index (χ1) is 13.0. The van der Waals surface area contributed by atoms with Crippen molar-refractivity contribution in [2.45, 2.75) is 52.1 Å². The number of carboxylic acid groups (broad SMARTS) is 2. The fourth-order valence-corrected chi connectivity index (χ4v) is 3.22. The molecular weight excluding hydrogens is 356 g/mol. The fourth-order valence-electron chi connectivity index (χ4n) is 3.22. The Labute approximate surface area is 165 Å². The van der Waals surface area contributed by atoms with Gasteiger partial charge in [0.15, 0.2) is 0 Å². The lowest BCUT2D eigenvalue weighted by Crippen LogP contribution is -2.22. The third-order valence-electron chi connectivity index (χ3n) is 4.51. The first kappa shape index (κ1) is 21.4. The molecule has 0 fully saturated rings. The molecule has 1 aliphatic rings. The number of hydrogen-bond donors (Lipinski definition) is 3. The van der Waals surface area contributed by atoms with Crippen molar-refractivity contribution in [1.29, 1.82) is 0 Å². The smallest absolute Gasteiger partial charge is 0.328 e. The van der Waals surface area contributed by atoms with Gasteiger partial charge in [-0.25, -0.2) is 9.59 Å². The van der Waals surface area contributed by atoms with Crippen LogP contribution in [-0.2, 0) is 28.0 Å². The van der Waals surface area contributed by atoms with Crippen molar-refractivity contribution in [1.82, 2.24) is 4.57 Å². The molecule has 0 bridgehead atoms. The van der Waals surface area contributed by atoms with E-state index in [2.05, 4.69) is 62.7 Å². The van der Waals surface area contributed by atoms with E-state index in [4.69, 9.17) is 15.9 Å². The summed E-state index contributed by atoms with van der Waals surface area (Å²) >= 11 is 0. The van der Waals surface area contributed by atoms with E-state index in [0.29, 0.717) is 12.2 Å². The van der Waals surface area contributed by atoms with Gasteiger partial charge in [0.2, 0.25) is 0 Å². The number of aromatic nitrogens is 1. The highest BCUT2D eigenvalue weighted by atomic mass is 16.4. The molecule has 6 nitrogen and oxygen atoms in total. The highest BCUT2D eigenvalue weighted by Gasteiger charge is 2.24. The number of nitrogens with zero attached hydrogens (tertiary/aromatic N) is 1. The monoisotopic (exact) mass is 384 g/mol. The van der Waals surface area contributed by atoms with Crippen LogP contribution < -0.4 is 5.73 Å². The summed E-state index contributed by atoms with van der Waals surface area (Å²) in [5, 5.41) is 15.6. The Hall–Kier alpha value is -2.86. The molecule has 0 spiro atoms. The van der Waals surface area contributed by atoms with E-state index in [-0.39, 0.29) is 11.5 Å². The Balaban J connectivity index is 0.000000300. The van der Waals surface area contributed by atoms with Crippen molar-refractivity contribution in [2.24, 2.45) is 5.73 Å². The van der Waals surface area contributed by atoms with Gasteiger partial charge in [0.25, 0.3) is 0 Å². The second-order valence-electron chi connectivity index (χ2n) is 8.13. The van der Waals surface area contributed by atoms with Crippen molar-refractivity contribution in [2.75, 3.05) is 0 Å². The molecule has 1 atom stereocenters. The topological polar surface area (TPSA) is 106 Å². The van der Waals surface area contributed by atoms with Crippen LogP contribution in [0, 0.1) is 0 Å². The first-order valence-corrected chi connectivity index (χ1v) is 9.20. The molecule has 3 rings (SSSR count). The fraction of sp³-hybridized carbons (Fsp3) is 0.364. The van der Waals surface area contributed by atoms with Crippen LogP contribution in [0.2, 0.25) is 0 Å². The number of rotatable bonds is 4. The van der Waals surface area contributed by atoms with Crippen LogP contribution in [0.5, 0.6) is 0 Å². The molecular formula is C22H28N2O4. The predicted octanol–water partition coefficient (Wildman–Crippen LogP) is 3.42. The van der Waals surface area contributed by atoms with Crippen LogP contribution in [0.3, 0.4) is 0 Å². The number of fused-ring (bicyclic) bond motifs is 3. The van der Waals surface area contributed by atoms with Crippen molar-refractivity contribution in [3.63, 3.8) is 0 Å². The second-order valence-corrected chi connectivity index (χ2v) is 8.13. The van der Waals surface area contributed by atoms with Crippen LogP contribution in [0.1, 0.15) is 44.4 Å². The lowest BCUT2D eigenvalue weighted by molar-refractivity contribution is -0.134. The standard InChI is InChI=1S/C18H24N2.C4H4O4/c1-12(19)11-20-8-7-14-9-13-5-6-15(18(2,3)4)10-16(13)17(14)20;5-3(6)1-2-4(7)8/h5-8,10,12H,9,11,19H2,1-4H3;1-2H,(H,5,6)(H,7,8)/b;2-1+/t12-;/m0./s1. The van der Waals surface area contributed by atoms with E-state index in [9.17, 15) is 9.59 Å². The number of hydrogen-bond acceptors (Lipinski definition) is 3. The largest absolute Gasteiger partial charge is 0.478 e. The van der Waals surface area contributed by atoms with E-state index >= 15 is 0 Å². The first-order valence-electron chi connectivity index (χ1n) is 9.20. The van der Waals surface area contributed by atoms with Crippen LogP contribution in [0.15, 0.2) is 42.6 Å². The van der Waals surface area contributed by atoms with Crippen molar-refractivity contribution in [3.8, 4) is 11.3 Å². The molecule has 0 saturated heterocycles. The van der Waals surface area contributed by atoms with Gasteiger partial charge in [-0.1, -0.05) is 32.9 Å². The minimum absolute atomic E-state index is 0.182. The van der Waals surface area contributed by atoms with Crippen LogP contribution >= 0.6 is 0 Å². The minimum Gasteiger partial charge on any atom is -0.478 e. The van der Waals surface area contributed by atoms with Crippen molar-refractivity contribution >= 4 is 11.9 Å². The summed E-state index contributed by atoms with van der Waals surface area (Å²) in [4.78, 5) is 19.1. The van der Waals surface area contributed by atoms with E-state index in [1.54, 1.807) is 0 Å². The summed E-state index contributed by atoms with van der Waals surface area (Å²) in [6.07, 6.45) is 4.35. The van der Waals surface area contributed by atoms with Crippen molar-refractivity contribution in [3.05, 3.63) is 59.3 Å². The number of carboxylic acids is 2. The maximum atomic E-state index is 9.55. The molecule has 6 heteroatoms. The van der Waals surface area contributed by atoms with Gasteiger partial charge < -0.3 is 20.5 Å². The Bertz CT molecular complexity index is 886. The van der Waals surface area contributed by atoms with E-state index in [0.717, 1.165) is 13.0 Å². The molecule has 2 aromatic rings. The molecule has 1 aromatic carbocycles. The number of nitrogens with two attached hydrogens (primary N) is 1. The normalized spacial score (nSPS) is 13.5. The van der Waals surface area contributed by atoms with Gasteiger partial charge in [-0.2, -0.15) is 0 Å². The lowest BCUT2D eigenvalue weighted by Gasteiger charge is -2.20. The van der Waals surface area contributed by atoms with Crippen LogP contribution in [0.4, 0.5) is 0 Å². The van der Waals surface area contributed by atoms with E-state index in [1.165, 1.54) is 27.9 Å². The summed E-state index contributed by atoms with van der Waals surface area (Å²) in [5.74, 6) is -2.51. The highest BCUT2D eigenvalue weighted by molar-refractivity contribution is 5.89. The van der Waals surface area contributed by atoms with Gasteiger partial charge in [-0.05, 0) is 41.2 Å². The third kappa shape index (κ3) is 5.33. The molecule has 1 heterocycles. The molecule has 0 unspecified atom stereocenters. The third-order valence-corrected chi connectivity index (χ3v) is 4.51. The van der Waals surface area contributed by atoms with Gasteiger partial charge in [-0.3, -0.25) is 0 Å². The summed E-state index contributed by atoms with van der Waals surface area (Å²) in [6.45, 7) is 9.76. The van der Waals surface area contributed by atoms with Gasteiger partial charge in [0, 0.05) is 42.9 Å². The summed E-state index contributed by atoms with van der Waals surface area (Å²) in [6, 6.07) is 9.38. The van der Waals surface area contributed by atoms with Gasteiger partial charge in [0.05, 0.1) is 5.69 Å². The maximum absolute atomic E-state index is 9.55. The molecule has 1 aromatic heterocycles. The Morgan fingerprint density at radius 2 is 1.75 bits per heavy atom. The molecule has 150 valence electrons.